The molecule has 0 saturated carbocycles. The van der Waals surface area contributed by atoms with E-state index >= 15 is 0 Å². The Bertz CT molecular complexity index is 2800. The molecular weight excluding hydrogens is 786 g/mol. The van der Waals surface area contributed by atoms with Gasteiger partial charge in [0.2, 0.25) is 0 Å². The van der Waals surface area contributed by atoms with Gasteiger partial charge in [0.15, 0.2) is 0 Å². The van der Waals surface area contributed by atoms with Crippen LogP contribution >= 0.6 is 34.4 Å². The third-order valence-corrected chi connectivity index (χ3v) is 12.9. The number of aromatic nitrogens is 1. The van der Waals surface area contributed by atoms with Gasteiger partial charge in [0.1, 0.15) is 0 Å². The molecule has 1 aliphatic heterocycles. The minimum absolute atomic E-state index is 0.587. The molecule has 2 heterocycles. The first-order valence-corrected chi connectivity index (χ1v) is 21.2. The van der Waals surface area contributed by atoms with Crippen molar-refractivity contribution in [1.82, 2.24) is 4.57 Å². The zero-order chi connectivity index (χ0) is 36.2. The van der Waals surface area contributed by atoms with E-state index in [1.807, 2.05) is 11.8 Å². The summed E-state index contributed by atoms with van der Waals surface area (Å²) in [6.45, 7) is 0. The first kappa shape index (κ1) is 33.2. The smallest absolute Gasteiger partial charge is 0.0756 e. The molecule has 0 fully saturated rings. The molecule has 0 bridgehead atoms. The van der Waals surface area contributed by atoms with Crippen molar-refractivity contribution >= 4 is 56.2 Å². The molecule has 10 rings (SSSR count). The first-order valence-electron chi connectivity index (χ1n) is 18.4. The average molecular weight is 822 g/mol. The number of alkyl halides is 1. The van der Waals surface area contributed by atoms with E-state index in [9.17, 15) is 0 Å². The lowest BCUT2D eigenvalue weighted by molar-refractivity contribution is 0.707. The van der Waals surface area contributed by atoms with Gasteiger partial charge in [-0.3, -0.25) is 0 Å². The van der Waals surface area contributed by atoms with Gasteiger partial charge in [-0.15, -0.1) is 11.8 Å². The maximum Gasteiger partial charge on any atom is 0.0756 e. The Morgan fingerprint density at radius 3 is 1.76 bits per heavy atom. The molecule has 8 aromatic carbocycles. The lowest BCUT2D eigenvalue weighted by Crippen LogP contribution is -2.37. The van der Waals surface area contributed by atoms with Crippen LogP contribution in [0.1, 0.15) is 27.8 Å². The van der Waals surface area contributed by atoms with Gasteiger partial charge in [0.25, 0.3) is 0 Å². The largest absolute Gasteiger partial charge is 0.309 e. The van der Waals surface area contributed by atoms with Crippen molar-refractivity contribution in [3.05, 3.63) is 216 Å². The third-order valence-electron chi connectivity index (χ3n) is 11.3. The fourth-order valence-corrected chi connectivity index (χ4v) is 10.6. The van der Waals surface area contributed by atoms with E-state index < -0.39 is 5.41 Å². The number of halogens is 1. The van der Waals surface area contributed by atoms with Crippen LogP contribution in [0.2, 0.25) is 0 Å². The fourth-order valence-electron chi connectivity index (χ4n) is 9.11. The van der Waals surface area contributed by atoms with Gasteiger partial charge in [0, 0.05) is 20.1 Å². The predicted octanol–water partition coefficient (Wildman–Crippen LogP) is 14.1. The van der Waals surface area contributed by atoms with E-state index in [1.165, 1.54) is 93.6 Å². The van der Waals surface area contributed by atoms with Crippen molar-refractivity contribution in [2.75, 3.05) is 6.26 Å². The second kappa shape index (κ2) is 13.5. The summed E-state index contributed by atoms with van der Waals surface area (Å²) in [7, 11) is 0. The first-order chi connectivity index (χ1) is 26.7. The Labute approximate surface area is 334 Å². The zero-order valence-electron chi connectivity index (χ0n) is 29.8. The van der Waals surface area contributed by atoms with Crippen LogP contribution < -0.4 is 0 Å². The van der Waals surface area contributed by atoms with Crippen molar-refractivity contribution in [2.45, 2.75) is 14.7 Å². The lowest BCUT2D eigenvalue weighted by Gasteiger charge is -2.43. The van der Waals surface area contributed by atoms with E-state index in [0.29, 0.717) is 0 Å². The summed E-state index contributed by atoms with van der Waals surface area (Å²) in [6, 6.07) is 69.9. The Morgan fingerprint density at radius 1 is 0.481 bits per heavy atom. The normalized spacial score (nSPS) is 14.7. The topological polar surface area (TPSA) is 4.93 Å². The van der Waals surface area contributed by atoms with Crippen molar-refractivity contribution < 1.29 is 0 Å². The molecule has 0 amide bonds. The van der Waals surface area contributed by atoms with Crippen LogP contribution in [0, 0.1) is 0 Å². The molecule has 3 heteroatoms. The highest BCUT2D eigenvalue weighted by Gasteiger charge is 2.47. The summed E-state index contributed by atoms with van der Waals surface area (Å²) in [5.41, 5.74) is 17.2. The van der Waals surface area contributed by atoms with Crippen molar-refractivity contribution in [2.24, 2.45) is 0 Å². The second-order valence-corrected chi connectivity index (χ2v) is 15.6. The van der Waals surface area contributed by atoms with Crippen molar-refractivity contribution in [1.29, 1.82) is 0 Å². The molecule has 0 aliphatic carbocycles. The maximum absolute atomic E-state index is 2.62. The summed E-state index contributed by atoms with van der Waals surface area (Å²) in [4.78, 5) is 1.29. The summed E-state index contributed by atoms with van der Waals surface area (Å²) < 4.78 is 3.38. The number of hydrogen-bond acceptors (Lipinski definition) is 1. The van der Waals surface area contributed by atoms with Gasteiger partial charge < -0.3 is 4.57 Å². The highest BCUT2D eigenvalue weighted by molar-refractivity contribution is 14.1. The van der Waals surface area contributed by atoms with Crippen LogP contribution in [0.5, 0.6) is 0 Å². The lowest BCUT2D eigenvalue weighted by atomic mass is 9.61. The second-order valence-electron chi connectivity index (χ2n) is 14.0. The fraction of sp³-hybridized carbons (Fsp3) is 0.0588. The summed E-state index contributed by atoms with van der Waals surface area (Å²) >= 11 is 4.46. The van der Waals surface area contributed by atoms with E-state index in [2.05, 4.69) is 221 Å². The molecule has 258 valence electrons. The van der Waals surface area contributed by atoms with Crippen LogP contribution in [-0.2, 0) is 9.84 Å². The van der Waals surface area contributed by atoms with Gasteiger partial charge in [-0.25, -0.2) is 0 Å². The van der Waals surface area contributed by atoms with Gasteiger partial charge in [0.05, 0.1) is 22.1 Å². The summed E-state index contributed by atoms with van der Waals surface area (Å²) in [5.74, 6) is 0. The number of hydrogen-bond donors (Lipinski definition) is 0. The molecule has 1 aliphatic rings. The maximum atomic E-state index is 2.62. The monoisotopic (exact) mass is 821 g/mol. The molecule has 0 N–H and O–H groups in total. The Morgan fingerprint density at radius 2 is 1.04 bits per heavy atom. The minimum atomic E-state index is -0.587. The molecule has 1 aromatic heterocycles. The van der Waals surface area contributed by atoms with Crippen molar-refractivity contribution in [3.8, 4) is 39.1 Å². The molecule has 54 heavy (non-hydrogen) atoms. The van der Waals surface area contributed by atoms with E-state index in [1.54, 1.807) is 0 Å². The Balaban J connectivity index is 1.35. The molecule has 9 aromatic rings. The molecule has 0 spiro atoms. The molecular formula is C51H36INS. The predicted molar refractivity (Wildman–Crippen MR) is 238 cm³/mol. The SMILES string of the molecule is CSc1ccccc1C1(c2cccc(-c3cc(-c4ccccc4)cc(-c4ccccc4)c3)c2CI)c2ccccc2-n2c3ccccc3c3cccc1c32. The van der Waals surface area contributed by atoms with E-state index in [4.69, 9.17) is 0 Å². The number of rotatable bonds is 7. The van der Waals surface area contributed by atoms with Gasteiger partial charge in [-0.1, -0.05) is 174 Å². The third kappa shape index (κ3) is 4.98. The standard InChI is InChI=1S/C51H36INS/c1-54-49-29-13-10-24-45(49)51(44-23-9-12-28-48(44)53-47-27-11-8-20-40(47)41-22-15-26-46(51)50(41)53)43-25-14-21-39(42(43)33-52)38-31-36(34-16-4-2-5-17-34)30-37(32-38)35-18-6-3-7-19-35/h2-32H,33H2,1H3. The molecule has 0 saturated heterocycles. The van der Waals surface area contributed by atoms with E-state index in [0.717, 1.165) is 4.43 Å². The van der Waals surface area contributed by atoms with Gasteiger partial charge in [-0.2, -0.15) is 0 Å². The van der Waals surface area contributed by atoms with Crippen LogP contribution in [0.25, 0.3) is 60.9 Å². The zero-order valence-corrected chi connectivity index (χ0v) is 32.8. The molecule has 1 atom stereocenters. The number of para-hydroxylation sites is 3. The van der Waals surface area contributed by atoms with Crippen LogP contribution in [0.15, 0.2) is 193 Å². The van der Waals surface area contributed by atoms with Crippen LogP contribution in [-0.4, -0.2) is 10.8 Å². The van der Waals surface area contributed by atoms with Crippen molar-refractivity contribution in [3.63, 3.8) is 0 Å². The number of nitrogens with zero attached hydrogens (tertiary/aromatic N) is 1. The minimum Gasteiger partial charge on any atom is -0.309 e. The van der Waals surface area contributed by atoms with E-state index in [-0.39, 0.29) is 0 Å². The number of benzene rings is 8. The summed E-state index contributed by atoms with van der Waals surface area (Å²) in [5, 5.41) is 2.57. The average Bonchev–Trinajstić information content (AvgIpc) is 3.59. The van der Waals surface area contributed by atoms with Gasteiger partial charge >= 0.3 is 0 Å². The number of thioether (sulfide) groups is 1. The van der Waals surface area contributed by atoms with Crippen LogP contribution in [0.3, 0.4) is 0 Å². The molecule has 1 unspecified atom stereocenters. The van der Waals surface area contributed by atoms with Crippen LogP contribution in [0.4, 0.5) is 0 Å². The summed E-state index contributed by atoms with van der Waals surface area (Å²) in [6.07, 6.45) is 2.22. The van der Waals surface area contributed by atoms with Gasteiger partial charge in [-0.05, 0) is 104 Å². The quantitative estimate of drug-likeness (QED) is 0.0881. The number of fused-ring (bicyclic) bond motifs is 5. The molecule has 0 radical (unpaired) electrons. The highest BCUT2D eigenvalue weighted by atomic mass is 127. The highest BCUT2D eigenvalue weighted by Crippen LogP contribution is 2.57. The molecule has 1 nitrogen and oxygen atoms in total. The Kier molecular flexibility index (Phi) is 8.30. The Hall–Kier alpha value is -5.36.